The average Bonchev–Trinajstić information content (AvgIpc) is 2.63. The summed E-state index contributed by atoms with van der Waals surface area (Å²) in [4.78, 5) is 37.8. The number of rotatable bonds is 5. The molecule has 0 fully saturated rings. The van der Waals surface area contributed by atoms with Gasteiger partial charge in [0.25, 0.3) is 5.91 Å². The highest BCUT2D eigenvalue weighted by molar-refractivity contribution is 6.06. The molecule has 0 radical (unpaired) electrons. The Kier molecular flexibility index (Phi) is 4.75. The Morgan fingerprint density at radius 3 is 2.46 bits per heavy atom. The van der Waals surface area contributed by atoms with Gasteiger partial charge in [-0.2, -0.15) is 0 Å². The smallest absolute Gasteiger partial charge is 0.326 e. The molecule has 0 saturated heterocycles. The number of Topliss-reactive ketones (excluding diaryl/α,β-unsaturated/α-hetero) is 1. The first-order valence-electron chi connectivity index (χ1n) is 8.36. The molecular weight excluding hydrogens is 334 g/mol. The van der Waals surface area contributed by atoms with Crippen LogP contribution in [0.2, 0.25) is 0 Å². The van der Waals surface area contributed by atoms with Crippen molar-refractivity contribution in [3.63, 3.8) is 0 Å². The van der Waals surface area contributed by atoms with Crippen LogP contribution >= 0.6 is 0 Å². The van der Waals surface area contributed by atoms with E-state index in [9.17, 15) is 19.5 Å². The van der Waals surface area contributed by atoms with Gasteiger partial charge < -0.3 is 9.84 Å². The van der Waals surface area contributed by atoms with Gasteiger partial charge in [0.1, 0.15) is 11.8 Å². The molecule has 134 valence electrons. The monoisotopic (exact) mass is 353 g/mol. The van der Waals surface area contributed by atoms with Crippen LogP contribution in [0.25, 0.3) is 0 Å². The first kappa shape index (κ1) is 17.7. The molecule has 6 heteroatoms. The van der Waals surface area contributed by atoms with Gasteiger partial charge in [-0.25, -0.2) is 4.79 Å². The molecule has 1 aliphatic heterocycles. The second-order valence-corrected chi connectivity index (χ2v) is 6.12. The molecule has 1 heterocycles. The summed E-state index contributed by atoms with van der Waals surface area (Å²) >= 11 is 0. The van der Waals surface area contributed by atoms with Gasteiger partial charge >= 0.3 is 5.97 Å². The lowest BCUT2D eigenvalue weighted by Gasteiger charge is -2.37. The molecular formula is C20H19NO5. The second kappa shape index (κ2) is 7.00. The Balaban J connectivity index is 2.15. The predicted molar refractivity (Wildman–Crippen MR) is 95.5 cm³/mol. The maximum absolute atomic E-state index is 13.1. The number of benzene rings is 2. The molecule has 0 spiro atoms. The maximum atomic E-state index is 13.1. The largest absolute Gasteiger partial charge is 0.480 e. The number of carbonyl (C=O) groups is 3. The van der Waals surface area contributed by atoms with Crippen molar-refractivity contribution in [1.82, 2.24) is 0 Å². The highest BCUT2D eigenvalue weighted by atomic mass is 16.5. The zero-order valence-electron chi connectivity index (χ0n) is 14.5. The fourth-order valence-electron chi connectivity index (χ4n) is 3.07. The van der Waals surface area contributed by atoms with E-state index >= 15 is 0 Å². The summed E-state index contributed by atoms with van der Waals surface area (Å²) in [5.41, 5.74) is 1.34. The van der Waals surface area contributed by atoms with Crippen LogP contribution in [0.15, 0.2) is 48.5 Å². The lowest BCUT2D eigenvalue weighted by Crippen LogP contribution is -2.50. The Morgan fingerprint density at radius 2 is 1.88 bits per heavy atom. The molecule has 1 N–H and O–H groups in total. The van der Waals surface area contributed by atoms with Gasteiger partial charge in [-0.05, 0) is 31.5 Å². The third-order valence-electron chi connectivity index (χ3n) is 4.42. The Labute approximate surface area is 151 Å². The number of hydrogen-bond donors (Lipinski definition) is 1. The van der Waals surface area contributed by atoms with Gasteiger partial charge in [0.05, 0.1) is 5.69 Å². The van der Waals surface area contributed by atoms with Crippen LogP contribution in [-0.4, -0.2) is 28.8 Å². The van der Waals surface area contributed by atoms with Gasteiger partial charge in [-0.1, -0.05) is 37.3 Å². The number of hydrogen-bond acceptors (Lipinski definition) is 4. The van der Waals surface area contributed by atoms with E-state index in [4.69, 9.17) is 4.74 Å². The predicted octanol–water partition coefficient (Wildman–Crippen LogP) is 3.22. The minimum absolute atomic E-state index is 0.172. The van der Waals surface area contributed by atoms with Crippen LogP contribution in [0.5, 0.6) is 5.75 Å². The number of carboxylic acid groups (broad SMARTS) is 1. The van der Waals surface area contributed by atoms with Crippen molar-refractivity contribution in [1.29, 1.82) is 0 Å². The van der Waals surface area contributed by atoms with Gasteiger partial charge in [0, 0.05) is 11.1 Å². The third kappa shape index (κ3) is 3.06. The molecule has 0 bridgehead atoms. The minimum atomic E-state index is -1.10. The number of ether oxygens (including phenoxy) is 1. The van der Waals surface area contributed by atoms with E-state index in [1.165, 1.54) is 17.9 Å². The number of aliphatic carboxylic acids is 1. The summed E-state index contributed by atoms with van der Waals surface area (Å²) in [5.74, 6) is -1.36. The SMILES string of the molecule is CCC(C(=O)O)N1C(=O)C(c2ccccc2)Oc2ccc(C(C)=O)cc21. The molecule has 0 saturated carbocycles. The normalized spacial score (nSPS) is 17.2. The molecule has 2 aromatic rings. The zero-order valence-corrected chi connectivity index (χ0v) is 14.5. The molecule has 2 atom stereocenters. The maximum Gasteiger partial charge on any atom is 0.326 e. The third-order valence-corrected chi connectivity index (χ3v) is 4.42. The van der Waals surface area contributed by atoms with E-state index in [0.717, 1.165) is 0 Å². The van der Waals surface area contributed by atoms with E-state index in [1.807, 2.05) is 6.07 Å². The topological polar surface area (TPSA) is 83.9 Å². The van der Waals surface area contributed by atoms with E-state index in [2.05, 4.69) is 0 Å². The van der Waals surface area contributed by atoms with E-state index < -0.39 is 24.0 Å². The van der Waals surface area contributed by atoms with Crippen molar-refractivity contribution in [2.75, 3.05) is 4.90 Å². The highest BCUT2D eigenvalue weighted by Gasteiger charge is 2.41. The van der Waals surface area contributed by atoms with Crippen molar-refractivity contribution in [2.45, 2.75) is 32.4 Å². The summed E-state index contributed by atoms with van der Waals surface area (Å²) in [6.07, 6.45) is -0.702. The summed E-state index contributed by atoms with van der Waals surface area (Å²) < 4.78 is 5.87. The van der Waals surface area contributed by atoms with Crippen molar-refractivity contribution in [3.05, 3.63) is 59.7 Å². The first-order chi connectivity index (χ1) is 12.4. The highest BCUT2D eigenvalue weighted by Crippen LogP contribution is 2.41. The van der Waals surface area contributed by atoms with Crippen LogP contribution in [0.1, 0.15) is 42.3 Å². The van der Waals surface area contributed by atoms with Crippen molar-refractivity contribution >= 4 is 23.3 Å². The van der Waals surface area contributed by atoms with Crippen molar-refractivity contribution in [2.24, 2.45) is 0 Å². The van der Waals surface area contributed by atoms with Crippen LogP contribution in [0.4, 0.5) is 5.69 Å². The lowest BCUT2D eigenvalue weighted by molar-refractivity contribution is -0.141. The number of nitrogens with zero attached hydrogens (tertiary/aromatic N) is 1. The van der Waals surface area contributed by atoms with Crippen molar-refractivity contribution < 1.29 is 24.2 Å². The number of anilines is 1. The van der Waals surface area contributed by atoms with Crippen LogP contribution in [0, 0.1) is 0 Å². The standard InChI is InChI=1S/C20H19NO5/c1-3-15(20(24)25)21-16-11-14(12(2)22)9-10-17(16)26-18(19(21)23)13-7-5-4-6-8-13/h4-11,15,18H,3H2,1-2H3,(H,24,25). The van der Waals surface area contributed by atoms with Gasteiger partial charge in [-0.15, -0.1) is 0 Å². The first-order valence-corrected chi connectivity index (χ1v) is 8.36. The second-order valence-electron chi connectivity index (χ2n) is 6.12. The van der Waals surface area contributed by atoms with E-state index in [0.29, 0.717) is 22.6 Å². The van der Waals surface area contributed by atoms with Gasteiger partial charge in [-0.3, -0.25) is 14.5 Å². The fraction of sp³-hybridized carbons (Fsp3) is 0.250. The molecule has 1 aliphatic rings. The molecule has 3 rings (SSSR count). The van der Waals surface area contributed by atoms with Crippen LogP contribution < -0.4 is 9.64 Å². The van der Waals surface area contributed by atoms with Crippen molar-refractivity contribution in [3.8, 4) is 5.75 Å². The number of ketones is 1. The quantitative estimate of drug-likeness (QED) is 0.835. The summed E-state index contributed by atoms with van der Waals surface area (Å²) in [5, 5.41) is 9.60. The van der Waals surface area contributed by atoms with E-state index in [1.54, 1.807) is 43.3 Å². The Bertz CT molecular complexity index is 862. The zero-order chi connectivity index (χ0) is 18.8. The molecule has 6 nitrogen and oxygen atoms in total. The number of carbonyl (C=O) groups excluding carboxylic acids is 2. The number of carboxylic acids is 1. The fourth-order valence-corrected chi connectivity index (χ4v) is 3.07. The molecule has 1 amide bonds. The minimum Gasteiger partial charge on any atom is -0.480 e. The average molecular weight is 353 g/mol. The molecule has 0 aliphatic carbocycles. The lowest BCUT2D eigenvalue weighted by atomic mass is 10.0. The summed E-state index contributed by atoms with van der Waals surface area (Å²) in [6.45, 7) is 3.12. The number of amides is 1. The Hall–Kier alpha value is -3.15. The molecule has 2 unspecified atom stereocenters. The molecule has 0 aromatic heterocycles. The van der Waals surface area contributed by atoms with Gasteiger partial charge in [0.2, 0.25) is 6.10 Å². The summed E-state index contributed by atoms with van der Waals surface area (Å²) in [7, 11) is 0. The Morgan fingerprint density at radius 1 is 1.19 bits per heavy atom. The van der Waals surface area contributed by atoms with E-state index in [-0.39, 0.29) is 12.2 Å². The van der Waals surface area contributed by atoms with Gasteiger partial charge in [0.15, 0.2) is 5.78 Å². The number of fused-ring (bicyclic) bond motifs is 1. The van der Waals surface area contributed by atoms with Crippen LogP contribution in [-0.2, 0) is 9.59 Å². The van der Waals surface area contributed by atoms with Crippen LogP contribution in [0.3, 0.4) is 0 Å². The molecule has 26 heavy (non-hydrogen) atoms. The molecule has 2 aromatic carbocycles. The summed E-state index contributed by atoms with van der Waals surface area (Å²) in [6, 6.07) is 12.6.